The highest BCUT2D eigenvalue weighted by Gasteiger charge is 2.25. The van der Waals surface area contributed by atoms with Crippen molar-refractivity contribution in [2.75, 3.05) is 13.6 Å². The molecule has 0 aliphatic heterocycles. The summed E-state index contributed by atoms with van der Waals surface area (Å²) in [5.41, 5.74) is 2.43. The van der Waals surface area contributed by atoms with E-state index < -0.39 is 0 Å². The Hall–Kier alpha value is -1.20. The molecular weight excluding hydrogens is 261 g/mol. The van der Waals surface area contributed by atoms with Crippen molar-refractivity contribution in [3.8, 4) is 0 Å². The molecule has 3 rings (SSSR count). The Morgan fingerprint density at radius 2 is 2.21 bits per heavy atom. The predicted octanol–water partition coefficient (Wildman–Crippen LogP) is 3.24. The molecule has 0 unspecified atom stereocenters. The summed E-state index contributed by atoms with van der Waals surface area (Å²) in [7, 11) is 2.15. The van der Waals surface area contributed by atoms with Crippen molar-refractivity contribution in [1.82, 2.24) is 14.5 Å². The third-order valence-corrected chi connectivity index (χ3v) is 4.22. The Balaban J connectivity index is 1.91. The second-order valence-corrected chi connectivity index (χ2v) is 5.80. The maximum atomic E-state index is 13.5. The second-order valence-electron chi connectivity index (χ2n) is 5.41. The normalized spacial score (nSPS) is 15.6. The lowest BCUT2D eigenvalue weighted by atomic mass is 10.2. The van der Waals surface area contributed by atoms with Crippen molar-refractivity contribution in [3.63, 3.8) is 0 Å². The van der Waals surface area contributed by atoms with Crippen LogP contribution in [0.2, 0.25) is 0 Å². The van der Waals surface area contributed by atoms with Crippen LogP contribution in [0.25, 0.3) is 11.0 Å². The van der Waals surface area contributed by atoms with E-state index in [1.165, 1.54) is 18.9 Å². The molecule has 1 aromatic heterocycles. The van der Waals surface area contributed by atoms with Gasteiger partial charge in [0.2, 0.25) is 0 Å². The fourth-order valence-corrected chi connectivity index (χ4v) is 2.76. The molecule has 1 aliphatic rings. The highest BCUT2D eigenvalue weighted by atomic mass is 32.1. The SMILES string of the molecule is Cc1cc2c(cc1F)[nH]c(=S)n2CCN(C)C1CC1. The Morgan fingerprint density at radius 3 is 2.89 bits per heavy atom. The largest absolute Gasteiger partial charge is 0.330 e. The highest BCUT2D eigenvalue weighted by molar-refractivity contribution is 7.71. The molecule has 3 nitrogen and oxygen atoms in total. The van der Waals surface area contributed by atoms with Crippen LogP contribution >= 0.6 is 12.2 Å². The minimum atomic E-state index is -0.189. The van der Waals surface area contributed by atoms with Crippen molar-refractivity contribution in [2.24, 2.45) is 0 Å². The number of imidazole rings is 1. The highest BCUT2D eigenvalue weighted by Crippen LogP contribution is 2.25. The first-order valence-electron chi connectivity index (χ1n) is 6.65. The van der Waals surface area contributed by atoms with Gasteiger partial charge in [0.15, 0.2) is 4.77 Å². The van der Waals surface area contributed by atoms with Gasteiger partial charge in [-0.2, -0.15) is 0 Å². The lowest BCUT2D eigenvalue weighted by Crippen LogP contribution is -2.25. The first-order chi connectivity index (χ1) is 9.06. The van der Waals surface area contributed by atoms with E-state index in [4.69, 9.17) is 12.2 Å². The summed E-state index contributed by atoms with van der Waals surface area (Å²) in [5, 5.41) is 0. The monoisotopic (exact) mass is 279 g/mol. The molecule has 1 saturated carbocycles. The molecule has 0 saturated heterocycles. The van der Waals surface area contributed by atoms with Crippen LogP contribution in [0.3, 0.4) is 0 Å². The lowest BCUT2D eigenvalue weighted by Gasteiger charge is -2.16. The zero-order valence-corrected chi connectivity index (χ0v) is 12.1. The van der Waals surface area contributed by atoms with E-state index in [9.17, 15) is 4.39 Å². The lowest BCUT2D eigenvalue weighted by molar-refractivity contribution is 0.310. The smallest absolute Gasteiger partial charge is 0.178 e. The van der Waals surface area contributed by atoms with E-state index in [0.29, 0.717) is 10.3 Å². The standard InChI is InChI=1S/C14H18FN3S/c1-9-7-13-12(8-11(9)15)16-14(19)18(13)6-5-17(2)10-3-4-10/h7-8,10H,3-6H2,1-2H3,(H,16,19). The number of nitrogens with one attached hydrogen (secondary N) is 1. The summed E-state index contributed by atoms with van der Waals surface area (Å²) in [6, 6.07) is 4.15. The first kappa shape index (κ1) is 12.8. The molecule has 102 valence electrons. The molecule has 1 aliphatic carbocycles. The average Bonchev–Trinajstić information content (AvgIpc) is 3.15. The molecule has 1 N–H and O–H groups in total. The number of rotatable bonds is 4. The van der Waals surface area contributed by atoms with Gasteiger partial charge in [0, 0.05) is 19.1 Å². The van der Waals surface area contributed by atoms with Crippen LogP contribution in [0.4, 0.5) is 4.39 Å². The first-order valence-corrected chi connectivity index (χ1v) is 7.06. The summed E-state index contributed by atoms with van der Waals surface area (Å²) in [5.74, 6) is -0.189. The fraction of sp³-hybridized carbons (Fsp3) is 0.500. The number of aromatic nitrogens is 2. The van der Waals surface area contributed by atoms with Gasteiger partial charge in [0.1, 0.15) is 5.82 Å². The number of hydrogen-bond acceptors (Lipinski definition) is 2. The molecule has 5 heteroatoms. The number of nitrogens with zero attached hydrogens (tertiary/aromatic N) is 2. The molecule has 1 aromatic carbocycles. The van der Waals surface area contributed by atoms with Gasteiger partial charge in [-0.3, -0.25) is 0 Å². The van der Waals surface area contributed by atoms with E-state index in [1.54, 1.807) is 6.92 Å². The van der Waals surface area contributed by atoms with E-state index in [2.05, 4.69) is 21.5 Å². The zero-order valence-electron chi connectivity index (χ0n) is 11.2. The molecule has 2 aromatic rings. The van der Waals surface area contributed by atoms with Crippen molar-refractivity contribution in [3.05, 3.63) is 28.3 Å². The molecule has 0 bridgehead atoms. The Labute approximate surface area is 117 Å². The van der Waals surface area contributed by atoms with Crippen molar-refractivity contribution < 1.29 is 4.39 Å². The van der Waals surface area contributed by atoms with E-state index in [-0.39, 0.29) is 5.82 Å². The minimum absolute atomic E-state index is 0.189. The van der Waals surface area contributed by atoms with Gasteiger partial charge < -0.3 is 14.5 Å². The Bertz CT molecular complexity index is 669. The summed E-state index contributed by atoms with van der Waals surface area (Å²) in [6.45, 7) is 3.60. The van der Waals surface area contributed by atoms with Crippen LogP contribution in [0.5, 0.6) is 0 Å². The average molecular weight is 279 g/mol. The number of fused-ring (bicyclic) bond motifs is 1. The van der Waals surface area contributed by atoms with Gasteiger partial charge >= 0.3 is 0 Å². The molecule has 1 heterocycles. The predicted molar refractivity (Wildman–Crippen MR) is 77.5 cm³/mol. The van der Waals surface area contributed by atoms with Crippen molar-refractivity contribution in [1.29, 1.82) is 0 Å². The van der Waals surface area contributed by atoms with Gasteiger partial charge in [-0.25, -0.2) is 4.39 Å². The van der Waals surface area contributed by atoms with Crippen LogP contribution < -0.4 is 0 Å². The number of aromatic amines is 1. The van der Waals surface area contributed by atoms with Crippen molar-refractivity contribution >= 4 is 23.3 Å². The second kappa shape index (κ2) is 4.72. The molecular formula is C14H18FN3S. The fourth-order valence-electron chi connectivity index (χ4n) is 2.46. The quantitative estimate of drug-likeness (QED) is 0.869. The molecule has 0 radical (unpaired) electrons. The summed E-state index contributed by atoms with van der Waals surface area (Å²) < 4.78 is 16.3. The van der Waals surface area contributed by atoms with Gasteiger partial charge in [-0.1, -0.05) is 0 Å². The zero-order chi connectivity index (χ0) is 13.6. The Kier molecular flexibility index (Phi) is 3.19. The van der Waals surface area contributed by atoms with Crippen LogP contribution in [0, 0.1) is 17.5 Å². The number of hydrogen-bond donors (Lipinski definition) is 1. The van der Waals surface area contributed by atoms with Gasteiger partial charge in [0.25, 0.3) is 0 Å². The molecule has 0 spiro atoms. The van der Waals surface area contributed by atoms with Crippen LogP contribution in [-0.4, -0.2) is 34.1 Å². The summed E-state index contributed by atoms with van der Waals surface area (Å²) in [4.78, 5) is 5.45. The van der Waals surface area contributed by atoms with Gasteiger partial charge in [-0.05, 0) is 56.7 Å². The topological polar surface area (TPSA) is 24.0 Å². The third-order valence-electron chi connectivity index (χ3n) is 3.90. The third kappa shape index (κ3) is 2.44. The van der Waals surface area contributed by atoms with Crippen LogP contribution in [0.1, 0.15) is 18.4 Å². The molecule has 0 amide bonds. The maximum Gasteiger partial charge on any atom is 0.178 e. The number of likely N-dealkylation sites (N-methyl/N-ethyl adjacent to an activating group) is 1. The van der Waals surface area contributed by atoms with Gasteiger partial charge in [0.05, 0.1) is 11.0 Å². The number of benzene rings is 1. The number of halogens is 1. The molecule has 19 heavy (non-hydrogen) atoms. The van der Waals surface area contributed by atoms with Gasteiger partial charge in [-0.15, -0.1) is 0 Å². The number of H-pyrrole nitrogens is 1. The molecule has 1 fully saturated rings. The number of aryl methyl sites for hydroxylation is 1. The van der Waals surface area contributed by atoms with E-state index in [1.807, 2.05) is 6.07 Å². The summed E-state index contributed by atoms with van der Waals surface area (Å²) in [6.07, 6.45) is 2.61. The van der Waals surface area contributed by atoms with Crippen molar-refractivity contribution in [2.45, 2.75) is 32.4 Å². The Morgan fingerprint density at radius 1 is 1.47 bits per heavy atom. The van der Waals surface area contributed by atoms with E-state index in [0.717, 1.165) is 30.2 Å². The maximum absolute atomic E-state index is 13.5. The minimum Gasteiger partial charge on any atom is -0.330 e. The van der Waals surface area contributed by atoms with E-state index >= 15 is 0 Å². The van der Waals surface area contributed by atoms with Crippen LogP contribution in [0.15, 0.2) is 12.1 Å². The molecule has 0 atom stereocenters. The summed E-state index contributed by atoms with van der Waals surface area (Å²) >= 11 is 5.34. The van der Waals surface area contributed by atoms with Crippen LogP contribution in [-0.2, 0) is 6.54 Å².